The van der Waals surface area contributed by atoms with Gasteiger partial charge in [0.15, 0.2) is 5.82 Å². The molecular formula is C19H19N5O. The monoisotopic (exact) mass is 333 g/mol. The zero-order valence-electron chi connectivity index (χ0n) is 14.0. The Balaban J connectivity index is 1.72. The average Bonchev–Trinajstić information content (AvgIpc) is 2.98. The minimum absolute atomic E-state index is 0.141. The zero-order valence-corrected chi connectivity index (χ0v) is 14.0. The lowest BCUT2D eigenvalue weighted by molar-refractivity contribution is 0.102. The Labute approximate surface area is 145 Å². The zero-order chi connectivity index (χ0) is 17.4. The summed E-state index contributed by atoms with van der Waals surface area (Å²) >= 11 is 0. The number of benzene rings is 1. The molecule has 3 heterocycles. The van der Waals surface area contributed by atoms with Crippen molar-refractivity contribution in [2.45, 2.75) is 19.9 Å². The Morgan fingerprint density at radius 1 is 1.28 bits per heavy atom. The Morgan fingerprint density at radius 2 is 2.16 bits per heavy atom. The van der Waals surface area contributed by atoms with Crippen LogP contribution in [0.2, 0.25) is 0 Å². The first kappa shape index (κ1) is 15.4. The molecule has 6 nitrogen and oxygen atoms in total. The maximum absolute atomic E-state index is 13.0. The topological polar surface area (TPSA) is 76.0 Å². The molecule has 2 N–H and O–H groups in total. The second-order valence-corrected chi connectivity index (χ2v) is 6.16. The molecule has 0 unspecified atom stereocenters. The molecule has 0 aliphatic carbocycles. The maximum atomic E-state index is 13.0. The molecule has 0 saturated heterocycles. The van der Waals surface area contributed by atoms with Gasteiger partial charge >= 0.3 is 0 Å². The van der Waals surface area contributed by atoms with E-state index in [4.69, 9.17) is 5.73 Å². The van der Waals surface area contributed by atoms with Gasteiger partial charge in [-0.05, 0) is 42.3 Å². The lowest BCUT2D eigenvalue weighted by atomic mass is 10.0. The Bertz CT molecular complexity index is 989. The number of aromatic nitrogens is 2. The van der Waals surface area contributed by atoms with Gasteiger partial charge in [-0.3, -0.25) is 9.20 Å². The number of carbonyl (C=O) groups is 1. The third kappa shape index (κ3) is 2.65. The second-order valence-electron chi connectivity index (χ2n) is 6.16. The Morgan fingerprint density at radius 3 is 3.00 bits per heavy atom. The van der Waals surface area contributed by atoms with E-state index in [0.29, 0.717) is 17.2 Å². The summed E-state index contributed by atoms with van der Waals surface area (Å²) in [5, 5.41) is 0. The van der Waals surface area contributed by atoms with E-state index in [0.717, 1.165) is 36.3 Å². The van der Waals surface area contributed by atoms with Crippen LogP contribution in [-0.2, 0) is 6.54 Å². The van der Waals surface area contributed by atoms with Crippen LogP contribution in [0.1, 0.15) is 35.1 Å². The van der Waals surface area contributed by atoms with E-state index in [2.05, 4.69) is 21.8 Å². The number of nitrogen functional groups attached to an aromatic ring is 1. The summed E-state index contributed by atoms with van der Waals surface area (Å²) in [5.41, 5.74) is 9.25. The number of anilines is 1. The number of imidazole rings is 1. The quantitative estimate of drug-likeness (QED) is 0.745. The summed E-state index contributed by atoms with van der Waals surface area (Å²) in [4.78, 5) is 23.9. The van der Waals surface area contributed by atoms with Crippen LogP contribution in [0.25, 0.3) is 5.52 Å². The summed E-state index contributed by atoms with van der Waals surface area (Å²) in [6.07, 6.45) is 4.73. The third-order valence-electron chi connectivity index (χ3n) is 4.37. The highest BCUT2D eigenvalue weighted by molar-refractivity contribution is 6.08. The molecule has 0 radical (unpaired) electrons. The molecule has 1 aromatic carbocycles. The van der Waals surface area contributed by atoms with Crippen molar-refractivity contribution in [3.63, 3.8) is 0 Å². The van der Waals surface area contributed by atoms with Crippen LogP contribution in [0.3, 0.4) is 0 Å². The number of nitrogens with two attached hydrogens (primary N) is 1. The molecule has 0 saturated carbocycles. The molecule has 1 aliphatic heterocycles. The normalized spacial score (nSPS) is 13.2. The number of carbonyl (C=O) groups excluding carboxylic acids is 1. The molecule has 0 atom stereocenters. The third-order valence-corrected chi connectivity index (χ3v) is 4.37. The highest BCUT2D eigenvalue weighted by Crippen LogP contribution is 2.27. The molecule has 0 bridgehead atoms. The van der Waals surface area contributed by atoms with Crippen molar-refractivity contribution in [3.8, 4) is 0 Å². The van der Waals surface area contributed by atoms with Crippen molar-refractivity contribution in [2.24, 2.45) is 4.99 Å². The largest absolute Gasteiger partial charge is 0.382 e. The average molecular weight is 333 g/mol. The molecule has 0 spiro atoms. The van der Waals surface area contributed by atoms with E-state index >= 15 is 0 Å². The standard InChI is InChI=1S/C19H19N5O/c1-2-8-23-11-14-10-13(6-7-15(14)21-12-23)17(25)19-22-18(20)16-5-3-4-9-24(16)19/h3-7,9-10,12H,2,8,11,20H2,1H3. The van der Waals surface area contributed by atoms with Gasteiger partial charge in [0.1, 0.15) is 5.82 Å². The minimum atomic E-state index is -0.141. The molecular weight excluding hydrogens is 314 g/mol. The Hall–Kier alpha value is -3.15. The smallest absolute Gasteiger partial charge is 0.228 e. The Kier molecular flexibility index (Phi) is 3.72. The fourth-order valence-corrected chi connectivity index (χ4v) is 3.16. The molecule has 4 rings (SSSR count). The van der Waals surface area contributed by atoms with Crippen LogP contribution in [0.5, 0.6) is 0 Å². The maximum Gasteiger partial charge on any atom is 0.228 e. The molecule has 126 valence electrons. The molecule has 2 aromatic heterocycles. The molecule has 0 amide bonds. The van der Waals surface area contributed by atoms with Crippen molar-refractivity contribution in [1.29, 1.82) is 0 Å². The van der Waals surface area contributed by atoms with Crippen molar-refractivity contribution < 1.29 is 4.79 Å². The highest BCUT2D eigenvalue weighted by atomic mass is 16.1. The van der Waals surface area contributed by atoms with Gasteiger partial charge in [0.05, 0.1) is 17.5 Å². The summed E-state index contributed by atoms with van der Waals surface area (Å²) in [6, 6.07) is 11.2. The predicted octanol–water partition coefficient (Wildman–Crippen LogP) is 3.03. The van der Waals surface area contributed by atoms with Gasteiger partial charge in [-0.2, -0.15) is 0 Å². The van der Waals surface area contributed by atoms with Gasteiger partial charge in [-0.15, -0.1) is 0 Å². The molecule has 3 aromatic rings. The fourth-order valence-electron chi connectivity index (χ4n) is 3.16. The fraction of sp³-hybridized carbons (Fsp3) is 0.211. The van der Waals surface area contributed by atoms with Gasteiger partial charge in [0.2, 0.25) is 5.78 Å². The first-order valence-corrected chi connectivity index (χ1v) is 8.36. The number of nitrogens with zero attached hydrogens (tertiary/aromatic N) is 4. The molecule has 1 aliphatic rings. The van der Waals surface area contributed by atoms with Crippen molar-refractivity contribution in [2.75, 3.05) is 12.3 Å². The van der Waals surface area contributed by atoms with Crippen LogP contribution in [0, 0.1) is 0 Å². The second kappa shape index (κ2) is 6.05. The van der Waals surface area contributed by atoms with Gasteiger partial charge in [0, 0.05) is 24.8 Å². The first-order valence-electron chi connectivity index (χ1n) is 8.36. The van der Waals surface area contributed by atoms with Gasteiger partial charge < -0.3 is 10.6 Å². The minimum Gasteiger partial charge on any atom is -0.382 e. The van der Waals surface area contributed by atoms with E-state index < -0.39 is 0 Å². The van der Waals surface area contributed by atoms with E-state index in [1.165, 1.54) is 0 Å². The first-order chi connectivity index (χ1) is 12.2. The number of fused-ring (bicyclic) bond motifs is 2. The van der Waals surface area contributed by atoms with Gasteiger partial charge in [-0.1, -0.05) is 13.0 Å². The number of ketones is 1. The van der Waals surface area contributed by atoms with Crippen molar-refractivity contribution >= 4 is 29.1 Å². The lowest BCUT2D eigenvalue weighted by Crippen LogP contribution is -2.24. The van der Waals surface area contributed by atoms with E-state index in [1.807, 2.05) is 36.7 Å². The van der Waals surface area contributed by atoms with Crippen molar-refractivity contribution in [3.05, 3.63) is 59.5 Å². The number of pyridine rings is 1. The lowest BCUT2D eigenvalue weighted by Gasteiger charge is -2.24. The predicted molar refractivity (Wildman–Crippen MR) is 98.3 cm³/mol. The summed E-state index contributed by atoms with van der Waals surface area (Å²) < 4.78 is 1.73. The SMILES string of the molecule is CCCN1C=Nc2ccc(C(=O)c3nc(N)c4ccccn34)cc2C1. The summed E-state index contributed by atoms with van der Waals surface area (Å²) in [7, 11) is 0. The van der Waals surface area contributed by atoms with E-state index in [-0.39, 0.29) is 5.78 Å². The van der Waals surface area contributed by atoms with E-state index in [1.54, 1.807) is 16.7 Å². The number of rotatable bonds is 4. The van der Waals surface area contributed by atoms with E-state index in [9.17, 15) is 4.79 Å². The summed E-state index contributed by atoms with van der Waals surface area (Å²) in [6.45, 7) is 3.85. The molecule has 0 fully saturated rings. The summed E-state index contributed by atoms with van der Waals surface area (Å²) in [5.74, 6) is 0.552. The molecule has 25 heavy (non-hydrogen) atoms. The van der Waals surface area contributed by atoms with Crippen LogP contribution in [0.15, 0.2) is 47.6 Å². The van der Waals surface area contributed by atoms with Crippen LogP contribution < -0.4 is 5.73 Å². The number of aliphatic imine (C=N–C) groups is 1. The van der Waals surface area contributed by atoms with Crippen molar-refractivity contribution in [1.82, 2.24) is 14.3 Å². The van der Waals surface area contributed by atoms with Crippen LogP contribution in [-0.4, -0.2) is 33.0 Å². The number of hydrogen-bond acceptors (Lipinski definition) is 5. The highest BCUT2D eigenvalue weighted by Gasteiger charge is 2.20. The number of hydrogen-bond donors (Lipinski definition) is 1. The van der Waals surface area contributed by atoms with Crippen LogP contribution in [0.4, 0.5) is 11.5 Å². The van der Waals surface area contributed by atoms with Gasteiger partial charge in [-0.25, -0.2) is 9.98 Å². The molecule has 6 heteroatoms. The van der Waals surface area contributed by atoms with Gasteiger partial charge in [0.25, 0.3) is 0 Å². The van der Waals surface area contributed by atoms with Crippen LogP contribution >= 0.6 is 0 Å².